The molecule has 0 aromatic carbocycles. The zero-order valence-corrected chi connectivity index (χ0v) is 9.11. The third-order valence-corrected chi connectivity index (χ3v) is 2.73. The van der Waals surface area contributed by atoms with Crippen molar-refractivity contribution in [2.45, 2.75) is 31.7 Å². The Labute approximate surface area is 90.6 Å². The number of nitrogens with one attached hydrogen (secondary N) is 1. The number of nitrogens with two attached hydrogens (primary N) is 1. The smallest absolute Gasteiger partial charge is 0.317 e. The van der Waals surface area contributed by atoms with E-state index in [2.05, 4.69) is 5.32 Å². The first-order chi connectivity index (χ1) is 7.27. The third kappa shape index (κ3) is 4.05. The Hall–Kier alpha value is -0.810. The summed E-state index contributed by atoms with van der Waals surface area (Å²) in [5.74, 6) is 0. The van der Waals surface area contributed by atoms with Gasteiger partial charge >= 0.3 is 6.03 Å². The van der Waals surface area contributed by atoms with E-state index in [1.807, 2.05) is 4.90 Å². The molecule has 0 saturated carbocycles. The standard InChI is InChI=1S/C10H21N3O2/c11-7-9(8-14)12-10(15)13-5-3-1-2-4-6-13/h9,14H,1-8,11H2,(H,12,15). The number of aliphatic hydroxyl groups excluding tert-OH is 1. The highest BCUT2D eigenvalue weighted by Gasteiger charge is 2.17. The summed E-state index contributed by atoms with van der Waals surface area (Å²) >= 11 is 0. The quantitative estimate of drug-likeness (QED) is 0.614. The van der Waals surface area contributed by atoms with E-state index >= 15 is 0 Å². The molecular formula is C10H21N3O2. The molecule has 1 aliphatic rings. The Morgan fingerprint density at radius 1 is 1.33 bits per heavy atom. The molecule has 0 aromatic heterocycles. The van der Waals surface area contributed by atoms with Crippen molar-refractivity contribution < 1.29 is 9.90 Å². The number of carbonyl (C=O) groups excluding carboxylic acids is 1. The van der Waals surface area contributed by atoms with Gasteiger partial charge in [-0.1, -0.05) is 12.8 Å². The molecule has 1 saturated heterocycles. The molecule has 1 aliphatic heterocycles. The van der Waals surface area contributed by atoms with E-state index in [0.29, 0.717) is 0 Å². The van der Waals surface area contributed by atoms with Gasteiger partial charge in [0.2, 0.25) is 0 Å². The van der Waals surface area contributed by atoms with Crippen LogP contribution in [0.15, 0.2) is 0 Å². The lowest BCUT2D eigenvalue weighted by molar-refractivity contribution is 0.184. The van der Waals surface area contributed by atoms with Crippen LogP contribution < -0.4 is 11.1 Å². The topological polar surface area (TPSA) is 78.6 Å². The highest BCUT2D eigenvalue weighted by atomic mass is 16.3. The summed E-state index contributed by atoms with van der Waals surface area (Å²) < 4.78 is 0. The summed E-state index contributed by atoms with van der Waals surface area (Å²) in [6.45, 7) is 1.80. The second-order valence-corrected chi connectivity index (χ2v) is 3.97. The van der Waals surface area contributed by atoms with E-state index in [1.165, 1.54) is 12.8 Å². The number of urea groups is 1. The minimum absolute atomic E-state index is 0.0959. The molecule has 0 radical (unpaired) electrons. The number of likely N-dealkylation sites (tertiary alicyclic amines) is 1. The molecule has 1 unspecified atom stereocenters. The average molecular weight is 215 g/mol. The molecule has 1 rings (SSSR count). The monoisotopic (exact) mass is 215 g/mol. The molecule has 15 heavy (non-hydrogen) atoms. The van der Waals surface area contributed by atoms with Gasteiger partial charge in [0, 0.05) is 19.6 Å². The van der Waals surface area contributed by atoms with Gasteiger partial charge in [0.15, 0.2) is 0 Å². The van der Waals surface area contributed by atoms with Crippen LogP contribution in [0.5, 0.6) is 0 Å². The summed E-state index contributed by atoms with van der Waals surface area (Å²) in [5, 5.41) is 11.6. The lowest BCUT2D eigenvalue weighted by Crippen LogP contribution is -2.49. The van der Waals surface area contributed by atoms with Crippen LogP contribution in [-0.4, -0.2) is 48.3 Å². The van der Waals surface area contributed by atoms with Gasteiger partial charge in [-0.2, -0.15) is 0 Å². The summed E-state index contributed by atoms with van der Waals surface area (Å²) in [7, 11) is 0. The molecule has 1 heterocycles. The SMILES string of the molecule is NCC(CO)NC(=O)N1CCCCCC1. The molecule has 1 atom stereocenters. The maximum atomic E-state index is 11.7. The van der Waals surface area contributed by atoms with Gasteiger partial charge in [-0.25, -0.2) is 4.79 Å². The normalized spacial score (nSPS) is 19.5. The van der Waals surface area contributed by atoms with Crippen LogP contribution in [0.1, 0.15) is 25.7 Å². The molecule has 88 valence electrons. The minimum Gasteiger partial charge on any atom is -0.394 e. The number of hydrogen-bond donors (Lipinski definition) is 3. The number of amides is 2. The maximum Gasteiger partial charge on any atom is 0.317 e. The van der Waals surface area contributed by atoms with E-state index in [0.717, 1.165) is 25.9 Å². The molecular weight excluding hydrogens is 194 g/mol. The van der Waals surface area contributed by atoms with Crippen molar-refractivity contribution in [2.75, 3.05) is 26.2 Å². The zero-order chi connectivity index (χ0) is 11.1. The molecule has 0 aromatic rings. The van der Waals surface area contributed by atoms with Crippen LogP contribution in [-0.2, 0) is 0 Å². The highest BCUT2D eigenvalue weighted by molar-refractivity contribution is 5.74. The molecule has 2 amide bonds. The van der Waals surface area contributed by atoms with Crippen molar-refractivity contribution in [3.8, 4) is 0 Å². The summed E-state index contributed by atoms with van der Waals surface area (Å²) in [6, 6.07) is -0.415. The lowest BCUT2D eigenvalue weighted by atomic mass is 10.2. The fourth-order valence-corrected chi connectivity index (χ4v) is 1.72. The summed E-state index contributed by atoms with van der Waals surface area (Å²) in [4.78, 5) is 13.5. The number of hydrogen-bond acceptors (Lipinski definition) is 3. The molecule has 5 nitrogen and oxygen atoms in total. The second-order valence-electron chi connectivity index (χ2n) is 3.97. The van der Waals surface area contributed by atoms with Crippen molar-refractivity contribution in [1.29, 1.82) is 0 Å². The molecule has 5 heteroatoms. The van der Waals surface area contributed by atoms with E-state index in [9.17, 15) is 4.79 Å². The van der Waals surface area contributed by atoms with Gasteiger partial charge in [-0.15, -0.1) is 0 Å². The third-order valence-electron chi connectivity index (χ3n) is 2.73. The van der Waals surface area contributed by atoms with Gasteiger partial charge in [0.25, 0.3) is 0 Å². The summed E-state index contributed by atoms with van der Waals surface area (Å²) in [5.41, 5.74) is 5.40. The van der Waals surface area contributed by atoms with Gasteiger partial charge in [0.1, 0.15) is 0 Å². The van der Waals surface area contributed by atoms with Crippen LogP contribution in [0.3, 0.4) is 0 Å². The fourth-order valence-electron chi connectivity index (χ4n) is 1.72. The first-order valence-corrected chi connectivity index (χ1v) is 5.64. The Balaban J connectivity index is 2.36. The van der Waals surface area contributed by atoms with Crippen LogP contribution in [0, 0.1) is 0 Å². The van der Waals surface area contributed by atoms with Crippen LogP contribution >= 0.6 is 0 Å². The van der Waals surface area contributed by atoms with E-state index in [1.54, 1.807) is 0 Å². The van der Waals surface area contributed by atoms with E-state index in [-0.39, 0.29) is 25.2 Å². The molecule has 0 aliphatic carbocycles. The molecule has 4 N–H and O–H groups in total. The number of carbonyl (C=O) groups is 1. The Morgan fingerprint density at radius 2 is 1.93 bits per heavy atom. The van der Waals surface area contributed by atoms with Crippen LogP contribution in [0.4, 0.5) is 4.79 Å². The molecule has 0 bridgehead atoms. The molecule has 1 fully saturated rings. The number of nitrogens with zero attached hydrogens (tertiary/aromatic N) is 1. The van der Waals surface area contributed by atoms with Gasteiger partial charge in [0.05, 0.1) is 12.6 Å². The Bertz CT molecular complexity index is 187. The van der Waals surface area contributed by atoms with Crippen molar-refractivity contribution in [3.63, 3.8) is 0 Å². The Morgan fingerprint density at radius 3 is 2.40 bits per heavy atom. The lowest BCUT2D eigenvalue weighted by Gasteiger charge is -2.23. The highest BCUT2D eigenvalue weighted by Crippen LogP contribution is 2.09. The van der Waals surface area contributed by atoms with Gasteiger partial charge in [-0.05, 0) is 12.8 Å². The van der Waals surface area contributed by atoms with Gasteiger partial charge in [-0.3, -0.25) is 0 Å². The van der Waals surface area contributed by atoms with Crippen molar-refractivity contribution >= 4 is 6.03 Å². The molecule has 0 spiro atoms. The van der Waals surface area contributed by atoms with E-state index in [4.69, 9.17) is 10.8 Å². The van der Waals surface area contributed by atoms with Crippen molar-refractivity contribution in [1.82, 2.24) is 10.2 Å². The first-order valence-electron chi connectivity index (χ1n) is 5.64. The minimum atomic E-state index is -0.319. The van der Waals surface area contributed by atoms with E-state index < -0.39 is 0 Å². The predicted molar refractivity (Wildman–Crippen MR) is 58.5 cm³/mol. The second kappa shape index (κ2) is 6.63. The van der Waals surface area contributed by atoms with Crippen LogP contribution in [0.25, 0.3) is 0 Å². The number of aliphatic hydroxyl groups is 1. The zero-order valence-electron chi connectivity index (χ0n) is 9.11. The maximum absolute atomic E-state index is 11.7. The fraction of sp³-hybridized carbons (Fsp3) is 0.900. The van der Waals surface area contributed by atoms with Gasteiger partial charge < -0.3 is 21.1 Å². The van der Waals surface area contributed by atoms with Crippen molar-refractivity contribution in [2.24, 2.45) is 5.73 Å². The van der Waals surface area contributed by atoms with Crippen LogP contribution in [0.2, 0.25) is 0 Å². The largest absolute Gasteiger partial charge is 0.394 e. The Kier molecular flexibility index (Phi) is 5.42. The predicted octanol–water partition coefficient (Wildman–Crippen LogP) is -0.108. The first kappa shape index (κ1) is 12.3. The van der Waals surface area contributed by atoms with Crippen molar-refractivity contribution in [3.05, 3.63) is 0 Å². The number of rotatable bonds is 3. The summed E-state index contributed by atoms with van der Waals surface area (Å²) in [6.07, 6.45) is 4.54. The average Bonchev–Trinajstić information content (AvgIpc) is 2.54.